The van der Waals surface area contributed by atoms with Gasteiger partial charge in [0.15, 0.2) is 0 Å². The van der Waals surface area contributed by atoms with E-state index in [-0.39, 0.29) is 0 Å². The van der Waals surface area contributed by atoms with Crippen molar-refractivity contribution >= 4 is 23.5 Å². The minimum absolute atomic E-state index is 0.407. The Morgan fingerprint density at radius 2 is 2.21 bits per heavy atom. The van der Waals surface area contributed by atoms with Gasteiger partial charge in [0.2, 0.25) is 0 Å². The molecule has 0 radical (unpaired) electrons. The number of amides is 1. The van der Waals surface area contributed by atoms with E-state index in [1.807, 2.05) is 12.1 Å². The molecule has 2 aliphatic rings. The van der Waals surface area contributed by atoms with Gasteiger partial charge in [-0.05, 0) is 30.9 Å². The maximum Gasteiger partial charge on any atom is 0.407 e. The summed E-state index contributed by atoms with van der Waals surface area (Å²) in [5, 5.41) is 9.70. The van der Waals surface area contributed by atoms with Gasteiger partial charge in [-0.3, -0.25) is 0 Å². The summed E-state index contributed by atoms with van der Waals surface area (Å²) in [5.41, 5.74) is 0. The summed E-state index contributed by atoms with van der Waals surface area (Å²) >= 11 is 5.86. The van der Waals surface area contributed by atoms with Crippen molar-refractivity contribution in [1.82, 2.24) is 9.88 Å². The Bertz CT molecular complexity index is 479. The van der Waals surface area contributed by atoms with Crippen molar-refractivity contribution in [2.45, 2.75) is 18.9 Å². The number of halogens is 1. The van der Waals surface area contributed by atoms with Crippen LogP contribution in [0, 0.1) is 5.92 Å². The van der Waals surface area contributed by atoms with Gasteiger partial charge < -0.3 is 14.9 Å². The second-order valence-corrected chi connectivity index (χ2v) is 5.60. The Hall–Kier alpha value is -1.49. The molecule has 19 heavy (non-hydrogen) atoms. The third kappa shape index (κ3) is 2.34. The lowest BCUT2D eigenvalue weighted by Crippen LogP contribution is -2.47. The van der Waals surface area contributed by atoms with Gasteiger partial charge in [0, 0.05) is 31.9 Å². The SMILES string of the molecule is O=C(O)N1CC[C@H]2[C@H](CCN2c2ccc(Cl)cn2)C1. The van der Waals surface area contributed by atoms with Gasteiger partial charge in [-0.15, -0.1) is 0 Å². The molecule has 2 fully saturated rings. The van der Waals surface area contributed by atoms with E-state index in [2.05, 4.69) is 9.88 Å². The first kappa shape index (κ1) is 12.5. The molecule has 102 valence electrons. The molecule has 0 unspecified atom stereocenters. The van der Waals surface area contributed by atoms with E-state index in [1.54, 1.807) is 6.20 Å². The fourth-order valence-electron chi connectivity index (χ4n) is 3.18. The van der Waals surface area contributed by atoms with Crippen LogP contribution in [0.25, 0.3) is 0 Å². The van der Waals surface area contributed by atoms with Crippen LogP contribution < -0.4 is 4.90 Å². The van der Waals surface area contributed by atoms with E-state index in [0.29, 0.717) is 30.1 Å². The number of carbonyl (C=O) groups is 1. The second-order valence-electron chi connectivity index (χ2n) is 5.16. The minimum Gasteiger partial charge on any atom is -0.465 e. The Morgan fingerprint density at radius 1 is 1.37 bits per heavy atom. The molecule has 1 amide bonds. The molecule has 3 rings (SSSR count). The molecule has 0 spiro atoms. The quantitative estimate of drug-likeness (QED) is 0.858. The first-order valence-electron chi connectivity index (χ1n) is 6.51. The van der Waals surface area contributed by atoms with E-state index >= 15 is 0 Å². The summed E-state index contributed by atoms with van der Waals surface area (Å²) in [5.74, 6) is 1.36. The molecule has 1 aromatic rings. The third-order valence-corrected chi connectivity index (χ3v) is 4.34. The predicted molar refractivity (Wildman–Crippen MR) is 72.7 cm³/mol. The highest BCUT2D eigenvalue weighted by atomic mass is 35.5. The summed E-state index contributed by atoms with van der Waals surface area (Å²) in [6.45, 7) is 2.20. The van der Waals surface area contributed by atoms with E-state index in [9.17, 15) is 4.79 Å². The minimum atomic E-state index is -0.804. The number of likely N-dealkylation sites (tertiary alicyclic amines) is 1. The van der Waals surface area contributed by atoms with Crippen LogP contribution in [0.2, 0.25) is 5.02 Å². The van der Waals surface area contributed by atoms with Crippen LogP contribution in [-0.2, 0) is 0 Å². The van der Waals surface area contributed by atoms with Crippen molar-refractivity contribution in [2.24, 2.45) is 5.92 Å². The van der Waals surface area contributed by atoms with Crippen molar-refractivity contribution in [3.05, 3.63) is 23.4 Å². The normalized spacial score (nSPS) is 26.4. The maximum atomic E-state index is 11.0. The molecule has 1 aromatic heterocycles. The van der Waals surface area contributed by atoms with Crippen molar-refractivity contribution in [1.29, 1.82) is 0 Å². The number of anilines is 1. The molecule has 0 bridgehead atoms. The lowest BCUT2D eigenvalue weighted by atomic mass is 9.93. The molecule has 0 saturated carbocycles. The number of nitrogens with zero attached hydrogens (tertiary/aromatic N) is 3. The highest BCUT2D eigenvalue weighted by Crippen LogP contribution is 2.34. The molecular weight excluding hydrogens is 266 g/mol. The number of carboxylic acid groups (broad SMARTS) is 1. The first-order chi connectivity index (χ1) is 9.15. The number of pyridine rings is 1. The molecule has 2 aliphatic heterocycles. The summed E-state index contributed by atoms with van der Waals surface area (Å²) in [4.78, 5) is 19.2. The molecular formula is C13H16ClN3O2. The van der Waals surface area contributed by atoms with Crippen LogP contribution in [0.3, 0.4) is 0 Å². The third-order valence-electron chi connectivity index (χ3n) is 4.11. The number of aromatic nitrogens is 1. The number of hydrogen-bond donors (Lipinski definition) is 1. The zero-order valence-electron chi connectivity index (χ0n) is 10.5. The maximum absolute atomic E-state index is 11.0. The molecule has 2 saturated heterocycles. The molecule has 2 atom stereocenters. The summed E-state index contributed by atoms with van der Waals surface area (Å²) < 4.78 is 0. The predicted octanol–water partition coefficient (Wildman–Crippen LogP) is 2.31. The Kier molecular flexibility index (Phi) is 3.22. The van der Waals surface area contributed by atoms with Crippen molar-refractivity contribution in [3.63, 3.8) is 0 Å². The van der Waals surface area contributed by atoms with Crippen LogP contribution in [-0.4, -0.2) is 46.8 Å². The molecule has 5 nitrogen and oxygen atoms in total. The molecule has 6 heteroatoms. The smallest absolute Gasteiger partial charge is 0.407 e. The van der Waals surface area contributed by atoms with Crippen LogP contribution in [0.4, 0.5) is 10.6 Å². The number of fused-ring (bicyclic) bond motifs is 1. The standard InChI is InChI=1S/C13H16ClN3O2/c14-10-1-2-12(15-7-10)17-6-3-9-8-16(13(18)19)5-4-11(9)17/h1-2,7,9,11H,3-6,8H2,(H,18,19)/t9-,11+/m1/s1. The van der Waals surface area contributed by atoms with E-state index in [1.165, 1.54) is 4.90 Å². The van der Waals surface area contributed by atoms with E-state index in [4.69, 9.17) is 16.7 Å². The average Bonchev–Trinajstić information content (AvgIpc) is 2.82. The lowest BCUT2D eigenvalue weighted by Gasteiger charge is -2.37. The Morgan fingerprint density at radius 3 is 2.89 bits per heavy atom. The summed E-state index contributed by atoms with van der Waals surface area (Å²) in [7, 11) is 0. The molecule has 3 heterocycles. The summed E-state index contributed by atoms with van der Waals surface area (Å²) in [6, 6.07) is 4.20. The largest absolute Gasteiger partial charge is 0.465 e. The Labute approximate surface area is 116 Å². The second kappa shape index (κ2) is 4.89. The van der Waals surface area contributed by atoms with E-state index in [0.717, 1.165) is 25.2 Å². The zero-order valence-corrected chi connectivity index (χ0v) is 11.3. The zero-order chi connectivity index (χ0) is 13.4. The Balaban J connectivity index is 1.74. The van der Waals surface area contributed by atoms with Crippen LogP contribution in [0.15, 0.2) is 18.3 Å². The van der Waals surface area contributed by atoms with Gasteiger partial charge in [0.25, 0.3) is 0 Å². The molecule has 0 aliphatic carbocycles. The lowest BCUT2D eigenvalue weighted by molar-refractivity contribution is 0.118. The highest BCUT2D eigenvalue weighted by Gasteiger charge is 2.39. The van der Waals surface area contributed by atoms with Gasteiger partial charge >= 0.3 is 6.09 Å². The first-order valence-corrected chi connectivity index (χ1v) is 6.89. The summed E-state index contributed by atoms with van der Waals surface area (Å²) in [6.07, 6.45) is 2.76. The van der Waals surface area contributed by atoms with Crippen LogP contribution in [0.5, 0.6) is 0 Å². The van der Waals surface area contributed by atoms with Crippen molar-refractivity contribution in [3.8, 4) is 0 Å². The van der Waals surface area contributed by atoms with Gasteiger partial charge in [-0.1, -0.05) is 11.6 Å². The van der Waals surface area contributed by atoms with Crippen LogP contribution >= 0.6 is 11.6 Å². The van der Waals surface area contributed by atoms with Crippen molar-refractivity contribution < 1.29 is 9.90 Å². The highest BCUT2D eigenvalue weighted by molar-refractivity contribution is 6.30. The number of rotatable bonds is 1. The van der Waals surface area contributed by atoms with Gasteiger partial charge in [0.1, 0.15) is 5.82 Å². The number of piperidine rings is 1. The fourth-order valence-corrected chi connectivity index (χ4v) is 3.29. The van der Waals surface area contributed by atoms with Gasteiger partial charge in [0.05, 0.1) is 5.02 Å². The average molecular weight is 282 g/mol. The van der Waals surface area contributed by atoms with Gasteiger partial charge in [-0.2, -0.15) is 0 Å². The number of hydrogen-bond acceptors (Lipinski definition) is 3. The molecule has 1 N–H and O–H groups in total. The monoisotopic (exact) mass is 281 g/mol. The van der Waals surface area contributed by atoms with Crippen LogP contribution in [0.1, 0.15) is 12.8 Å². The fraction of sp³-hybridized carbons (Fsp3) is 0.538. The van der Waals surface area contributed by atoms with Crippen molar-refractivity contribution in [2.75, 3.05) is 24.5 Å². The topological polar surface area (TPSA) is 56.7 Å². The van der Waals surface area contributed by atoms with E-state index < -0.39 is 6.09 Å². The molecule has 0 aromatic carbocycles. The van der Waals surface area contributed by atoms with Gasteiger partial charge in [-0.25, -0.2) is 9.78 Å².